The first-order chi connectivity index (χ1) is 16.2. The molecule has 4 rings (SSSR count). The second-order valence-electron chi connectivity index (χ2n) is 10.8. The van der Waals surface area contributed by atoms with Crippen molar-refractivity contribution in [3.8, 4) is 0 Å². The molecule has 2 aromatic rings. The maximum atomic E-state index is 13.4. The van der Waals surface area contributed by atoms with Gasteiger partial charge in [0.25, 0.3) is 5.91 Å². The number of aryl methyl sites for hydroxylation is 1. The van der Waals surface area contributed by atoms with Gasteiger partial charge in [0.15, 0.2) is 5.78 Å². The van der Waals surface area contributed by atoms with Crippen LogP contribution in [0.15, 0.2) is 24.3 Å². The lowest BCUT2D eigenvalue weighted by molar-refractivity contribution is 0.0698. The first kappa shape index (κ1) is 24.4. The van der Waals surface area contributed by atoms with Crippen molar-refractivity contribution in [1.82, 2.24) is 5.32 Å². The van der Waals surface area contributed by atoms with Gasteiger partial charge in [-0.15, -0.1) is 0 Å². The van der Waals surface area contributed by atoms with Gasteiger partial charge in [-0.25, -0.2) is 4.79 Å². The topological polar surface area (TPSA) is 83.5 Å². The van der Waals surface area contributed by atoms with Crippen LogP contribution >= 0.6 is 0 Å². The first-order valence-corrected chi connectivity index (χ1v) is 12.9. The molecule has 34 heavy (non-hydrogen) atoms. The Bertz CT molecular complexity index is 1090. The van der Waals surface area contributed by atoms with E-state index in [-0.39, 0.29) is 23.3 Å². The largest absolute Gasteiger partial charge is 0.478 e. The number of benzene rings is 2. The fourth-order valence-corrected chi connectivity index (χ4v) is 5.84. The highest BCUT2D eigenvalue weighted by atomic mass is 16.4. The number of fused-ring (bicyclic) bond motifs is 1. The number of ketones is 1. The highest BCUT2D eigenvalue weighted by molar-refractivity contribution is 6.20. The van der Waals surface area contributed by atoms with E-state index in [9.17, 15) is 19.5 Å². The molecular formula is C29H37NO4. The van der Waals surface area contributed by atoms with Crippen molar-refractivity contribution in [1.29, 1.82) is 0 Å². The molecule has 2 aromatic carbocycles. The number of rotatable bonds is 6. The second-order valence-corrected chi connectivity index (χ2v) is 10.8. The normalized spacial score (nSPS) is 25.1. The summed E-state index contributed by atoms with van der Waals surface area (Å²) in [5, 5.41) is 14.1. The van der Waals surface area contributed by atoms with Crippen LogP contribution in [-0.2, 0) is 0 Å². The summed E-state index contributed by atoms with van der Waals surface area (Å²) in [5.41, 5.74) is 1.78. The van der Waals surface area contributed by atoms with Crippen LogP contribution in [0, 0.1) is 24.7 Å². The number of carbonyl (C=O) groups excluding carboxylic acids is 2. The fraction of sp³-hybridized carbons (Fsp3) is 0.552. The molecule has 0 unspecified atom stereocenters. The van der Waals surface area contributed by atoms with Crippen LogP contribution in [0.3, 0.4) is 0 Å². The molecule has 0 heterocycles. The van der Waals surface area contributed by atoms with E-state index in [1.165, 1.54) is 6.07 Å². The Morgan fingerprint density at radius 1 is 0.794 bits per heavy atom. The molecule has 0 aliphatic heterocycles. The molecule has 0 atom stereocenters. The number of hydrogen-bond donors (Lipinski definition) is 2. The molecule has 2 N–H and O–H groups in total. The molecule has 2 saturated carbocycles. The first-order valence-electron chi connectivity index (χ1n) is 12.9. The van der Waals surface area contributed by atoms with Crippen molar-refractivity contribution < 1.29 is 19.5 Å². The lowest BCUT2D eigenvalue weighted by Gasteiger charge is -2.27. The Morgan fingerprint density at radius 2 is 1.35 bits per heavy atom. The second kappa shape index (κ2) is 10.3. The monoisotopic (exact) mass is 463 g/mol. The lowest BCUT2D eigenvalue weighted by atomic mass is 9.79. The number of carboxylic acid groups (broad SMARTS) is 1. The molecular weight excluding hydrogens is 426 g/mol. The fourth-order valence-electron chi connectivity index (χ4n) is 5.84. The van der Waals surface area contributed by atoms with Crippen LogP contribution in [0.25, 0.3) is 10.8 Å². The van der Waals surface area contributed by atoms with Crippen molar-refractivity contribution in [2.45, 2.75) is 84.6 Å². The van der Waals surface area contributed by atoms with E-state index in [0.717, 1.165) is 56.9 Å². The molecule has 182 valence electrons. The summed E-state index contributed by atoms with van der Waals surface area (Å²) in [6.45, 7) is 6.38. The Kier molecular flexibility index (Phi) is 7.39. The van der Waals surface area contributed by atoms with Gasteiger partial charge in [-0.05, 0) is 86.3 Å². The summed E-state index contributed by atoms with van der Waals surface area (Å²) in [5.74, 6) is 0.449. The van der Waals surface area contributed by atoms with Crippen LogP contribution in [0.4, 0.5) is 0 Å². The van der Waals surface area contributed by atoms with Crippen LogP contribution in [0.2, 0.25) is 0 Å². The predicted octanol–water partition coefficient (Wildman–Crippen LogP) is 6.55. The summed E-state index contributed by atoms with van der Waals surface area (Å²) in [6, 6.07) is 6.83. The van der Waals surface area contributed by atoms with Gasteiger partial charge in [-0.3, -0.25) is 9.59 Å². The van der Waals surface area contributed by atoms with Gasteiger partial charge in [0, 0.05) is 29.0 Å². The van der Waals surface area contributed by atoms with Crippen molar-refractivity contribution in [2.75, 3.05) is 0 Å². The third-order valence-electron chi connectivity index (χ3n) is 8.11. The minimum atomic E-state index is -1.08. The number of amides is 1. The van der Waals surface area contributed by atoms with Gasteiger partial charge in [-0.1, -0.05) is 38.8 Å². The Hall–Kier alpha value is -2.69. The van der Waals surface area contributed by atoms with E-state index < -0.39 is 5.97 Å². The molecule has 2 fully saturated rings. The van der Waals surface area contributed by atoms with Crippen molar-refractivity contribution in [3.05, 3.63) is 46.5 Å². The average molecular weight is 464 g/mol. The van der Waals surface area contributed by atoms with Crippen molar-refractivity contribution in [2.24, 2.45) is 17.8 Å². The standard InChI is InChI=1S/C29H37NO4/c1-17-4-9-20(10-5-17)16-25(31)22-13-8-19(3)26-23(14-15-24(27(22)26)29(33)34)28(32)30-21-11-6-18(2)7-12-21/h8,13-15,17-18,20-21H,4-7,9-12,16H2,1-3H3,(H,30,32)(H,33,34). The minimum Gasteiger partial charge on any atom is -0.478 e. The third kappa shape index (κ3) is 5.18. The van der Waals surface area contributed by atoms with E-state index >= 15 is 0 Å². The molecule has 0 spiro atoms. The maximum Gasteiger partial charge on any atom is 0.336 e. The zero-order valence-electron chi connectivity index (χ0n) is 20.7. The van der Waals surface area contributed by atoms with Gasteiger partial charge in [0.2, 0.25) is 0 Å². The highest BCUT2D eigenvalue weighted by Gasteiger charge is 2.27. The zero-order valence-corrected chi connectivity index (χ0v) is 20.7. The quantitative estimate of drug-likeness (QED) is 0.476. The Balaban J connectivity index is 1.70. The molecule has 0 bridgehead atoms. The van der Waals surface area contributed by atoms with Gasteiger partial charge in [-0.2, -0.15) is 0 Å². The van der Waals surface area contributed by atoms with E-state index in [0.29, 0.717) is 46.1 Å². The maximum absolute atomic E-state index is 13.4. The number of carboxylic acids is 1. The van der Waals surface area contributed by atoms with Gasteiger partial charge < -0.3 is 10.4 Å². The molecule has 2 aliphatic rings. The number of nitrogens with one attached hydrogen (secondary N) is 1. The van der Waals surface area contributed by atoms with Crippen LogP contribution in [0.1, 0.15) is 108 Å². The average Bonchev–Trinajstić information content (AvgIpc) is 2.81. The molecule has 5 heteroatoms. The molecule has 0 radical (unpaired) electrons. The van der Waals surface area contributed by atoms with E-state index in [1.807, 2.05) is 13.0 Å². The van der Waals surface area contributed by atoms with Crippen molar-refractivity contribution in [3.63, 3.8) is 0 Å². The Morgan fingerprint density at radius 3 is 1.97 bits per heavy atom. The van der Waals surface area contributed by atoms with Gasteiger partial charge in [0.05, 0.1) is 5.56 Å². The third-order valence-corrected chi connectivity index (χ3v) is 8.11. The van der Waals surface area contributed by atoms with E-state index in [1.54, 1.807) is 12.1 Å². The summed E-state index contributed by atoms with van der Waals surface area (Å²) in [6.07, 6.45) is 8.89. The molecule has 5 nitrogen and oxygen atoms in total. The lowest BCUT2D eigenvalue weighted by Crippen LogP contribution is -2.37. The highest BCUT2D eigenvalue weighted by Crippen LogP contribution is 2.35. The van der Waals surface area contributed by atoms with Crippen LogP contribution < -0.4 is 5.32 Å². The van der Waals surface area contributed by atoms with Crippen molar-refractivity contribution >= 4 is 28.4 Å². The van der Waals surface area contributed by atoms with E-state index in [4.69, 9.17) is 0 Å². The molecule has 0 aromatic heterocycles. The van der Waals surface area contributed by atoms with E-state index in [2.05, 4.69) is 19.2 Å². The Labute approximate surface area is 202 Å². The number of carbonyl (C=O) groups is 3. The van der Waals surface area contributed by atoms with Crippen LogP contribution in [-0.4, -0.2) is 28.8 Å². The summed E-state index contributed by atoms with van der Waals surface area (Å²) >= 11 is 0. The smallest absolute Gasteiger partial charge is 0.336 e. The number of Topliss-reactive ketones (excluding diaryl/α,β-unsaturated/α-hetero) is 1. The summed E-state index contributed by atoms with van der Waals surface area (Å²) in [7, 11) is 0. The molecule has 2 aliphatic carbocycles. The number of aromatic carboxylic acids is 1. The minimum absolute atomic E-state index is 0.0223. The SMILES string of the molecule is Cc1ccc(C(=O)CC2CCC(C)CC2)c2c(C(=O)O)ccc(C(=O)NC3CCC(C)CC3)c12. The molecule has 1 amide bonds. The zero-order chi connectivity index (χ0) is 24.4. The van der Waals surface area contributed by atoms with Gasteiger partial charge >= 0.3 is 5.97 Å². The van der Waals surface area contributed by atoms with Gasteiger partial charge in [0.1, 0.15) is 0 Å². The summed E-state index contributed by atoms with van der Waals surface area (Å²) in [4.78, 5) is 38.9. The predicted molar refractivity (Wildman–Crippen MR) is 135 cm³/mol. The summed E-state index contributed by atoms with van der Waals surface area (Å²) < 4.78 is 0. The van der Waals surface area contributed by atoms with Crippen LogP contribution in [0.5, 0.6) is 0 Å². The molecule has 0 saturated heterocycles. The number of hydrogen-bond acceptors (Lipinski definition) is 3.